The van der Waals surface area contributed by atoms with Gasteiger partial charge in [-0.1, -0.05) is 45.9 Å². The van der Waals surface area contributed by atoms with Crippen LogP contribution >= 0.6 is 21.6 Å². The van der Waals surface area contributed by atoms with Gasteiger partial charge in [0.1, 0.15) is 0 Å². The van der Waals surface area contributed by atoms with Gasteiger partial charge in [0.15, 0.2) is 0 Å². The smallest absolute Gasteiger partial charge is 0.214 e. The number of hydrogen-bond acceptors (Lipinski definition) is 6. The molecule has 0 bridgehead atoms. The first kappa shape index (κ1) is 22.9. The highest BCUT2D eigenvalue weighted by atomic mass is 33.1. The summed E-state index contributed by atoms with van der Waals surface area (Å²) in [6, 6.07) is 8.01. The summed E-state index contributed by atoms with van der Waals surface area (Å²) in [5.41, 5.74) is -11.2. The van der Waals surface area contributed by atoms with Crippen LogP contribution in [-0.4, -0.2) is 27.9 Å². The molecule has 28 heavy (non-hydrogen) atoms. The van der Waals surface area contributed by atoms with E-state index in [1.165, 1.54) is 12.1 Å². The van der Waals surface area contributed by atoms with Crippen LogP contribution in [0, 0.1) is 0 Å². The Morgan fingerprint density at radius 3 is 1.14 bits per heavy atom. The van der Waals surface area contributed by atoms with Crippen LogP contribution in [0.15, 0.2) is 68.1 Å². The SMILES string of the molecule is O=S(=O)(c1ccccc1SSc1ccccc1S(=O)(=O)C(F)(F)F)C(F)(F)F. The van der Waals surface area contributed by atoms with Gasteiger partial charge in [-0.15, -0.1) is 0 Å². The third-order valence-corrected chi connectivity index (χ3v) is 8.94. The predicted octanol–water partition coefficient (Wildman–Crippen LogP) is 5.07. The Morgan fingerprint density at radius 2 is 0.857 bits per heavy atom. The summed E-state index contributed by atoms with van der Waals surface area (Å²) in [6.45, 7) is 0. The molecular formula is C14H8F6O4S4. The summed E-state index contributed by atoms with van der Waals surface area (Å²) >= 11 is 0. The lowest BCUT2D eigenvalue weighted by Crippen LogP contribution is -2.24. The molecule has 4 nitrogen and oxygen atoms in total. The minimum atomic E-state index is -5.71. The topological polar surface area (TPSA) is 68.3 Å². The van der Waals surface area contributed by atoms with E-state index < -0.39 is 50.3 Å². The van der Waals surface area contributed by atoms with E-state index in [-0.39, 0.29) is 0 Å². The maximum Gasteiger partial charge on any atom is 0.501 e. The Balaban J connectivity index is 2.44. The van der Waals surface area contributed by atoms with Crippen LogP contribution in [0.4, 0.5) is 26.3 Å². The fraction of sp³-hybridized carbons (Fsp3) is 0.143. The van der Waals surface area contributed by atoms with Crippen molar-refractivity contribution in [1.82, 2.24) is 0 Å². The second-order valence-corrected chi connectivity index (χ2v) is 11.0. The molecule has 154 valence electrons. The Labute approximate surface area is 163 Å². The highest BCUT2D eigenvalue weighted by Crippen LogP contribution is 2.46. The molecule has 0 heterocycles. The van der Waals surface area contributed by atoms with Gasteiger partial charge in [-0.3, -0.25) is 0 Å². The van der Waals surface area contributed by atoms with Crippen LogP contribution < -0.4 is 0 Å². The number of hydrogen-bond donors (Lipinski definition) is 0. The Bertz CT molecular complexity index is 988. The van der Waals surface area contributed by atoms with Gasteiger partial charge >= 0.3 is 11.0 Å². The van der Waals surface area contributed by atoms with Crippen molar-refractivity contribution in [1.29, 1.82) is 0 Å². The quantitative estimate of drug-likeness (QED) is 0.438. The van der Waals surface area contributed by atoms with E-state index in [0.717, 1.165) is 24.3 Å². The molecule has 2 rings (SSSR count). The summed E-state index contributed by atoms with van der Waals surface area (Å²) < 4.78 is 123. The van der Waals surface area contributed by atoms with Crippen LogP contribution in [0.1, 0.15) is 0 Å². The molecule has 0 N–H and O–H groups in total. The molecule has 0 fully saturated rings. The first-order valence-corrected chi connectivity index (χ1v) is 12.0. The Hall–Kier alpha value is -1.38. The molecule has 0 aliphatic heterocycles. The summed E-state index contributed by atoms with van der Waals surface area (Å²) in [7, 11) is -10.6. The molecule has 2 aromatic carbocycles. The summed E-state index contributed by atoms with van der Waals surface area (Å²) in [6.07, 6.45) is 0. The fourth-order valence-electron chi connectivity index (χ4n) is 1.82. The molecule has 0 aliphatic carbocycles. The first-order valence-electron chi connectivity index (χ1n) is 6.85. The molecule has 0 unspecified atom stereocenters. The van der Waals surface area contributed by atoms with Gasteiger partial charge in [-0.05, 0) is 24.3 Å². The van der Waals surface area contributed by atoms with Gasteiger partial charge in [0, 0.05) is 9.79 Å². The van der Waals surface area contributed by atoms with Crippen molar-refractivity contribution in [3.8, 4) is 0 Å². The molecule has 0 saturated carbocycles. The average molecular weight is 482 g/mol. The lowest BCUT2D eigenvalue weighted by Gasteiger charge is -2.14. The molecule has 0 aliphatic rings. The number of rotatable bonds is 5. The minimum absolute atomic E-state index is 0.390. The van der Waals surface area contributed by atoms with Crippen LogP contribution in [0.2, 0.25) is 0 Å². The van der Waals surface area contributed by atoms with Gasteiger partial charge in [-0.25, -0.2) is 16.8 Å². The zero-order chi connectivity index (χ0) is 21.4. The average Bonchev–Trinajstić information content (AvgIpc) is 2.58. The van der Waals surface area contributed by atoms with E-state index in [4.69, 9.17) is 0 Å². The van der Waals surface area contributed by atoms with E-state index in [1.54, 1.807) is 0 Å². The highest BCUT2D eigenvalue weighted by molar-refractivity contribution is 8.76. The third-order valence-electron chi connectivity index (χ3n) is 3.11. The summed E-state index contributed by atoms with van der Waals surface area (Å²) in [5.74, 6) is 0. The van der Waals surface area contributed by atoms with Gasteiger partial charge in [0.25, 0.3) is 19.7 Å². The van der Waals surface area contributed by atoms with Crippen LogP contribution in [0.5, 0.6) is 0 Å². The lowest BCUT2D eigenvalue weighted by atomic mass is 10.4. The number of halogens is 6. The first-order chi connectivity index (χ1) is 12.7. The van der Waals surface area contributed by atoms with Crippen molar-refractivity contribution in [3.63, 3.8) is 0 Å². The molecule has 14 heteroatoms. The molecule has 0 radical (unpaired) electrons. The lowest BCUT2D eigenvalue weighted by molar-refractivity contribution is -0.0443. The van der Waals surface area contributed by atoms with Crippen molar-refractivity contribution in [2.24, 2.45) is 0 Å². The molecule has 0 spiro atoms. The molecule has 0 atom stereocenters. The Morgan fingerprint density at radius 1 is 0.571 bits per heavy atom. The largest absolute Gasteiger partial charge is 0.501 e. The molecule has 2 aromatic rings. The number of alkyl halides is 6. The van der Waals surface area contributed by atoms with Crippen LogP contribution in [0.3, 0.4) is 0 Å². The minimum Gasteiger partial charge on any atom is -0.214 e. The van der Waals surface area contributed by atoms with Gasteiger partial charge in [0.2, 0.25) is 0 Å². The molecule has 0 aromatic heterocycles. The van der Waals surface area contributed by atoms with Crippen molar-refractivity contribution in [2.45, 2.75) is 30.6 Å². The zero-order valence-corrected chi connectivity index (χ0v) is 16.4. The van der Waals surface area contributed by atoms with Crippen molar-refractivity contribution in [2.75, 3.05) is 0 Å². The van der Waals surface area contributed by atoms with Crippen LogP contribution in [-0.2, 0) is 19.7 Å². The van der Waals surface area contributed by atoms with E-state index in [0.29, 0.717) is 33.7 Å². The molecule has 0 saturated heterocycles. The van der Waals surface area contributed by atoms with Crippen molar-refractivity contribution < 1.29 is 43.2 Å². The molecule has 0 amide bonds. The maximum absolute atomic E-state index is 12.8. The van der Waals surface area contributed by atoms with Crippen molar-refractivity contribution >= 4 is 41.3 Å². The fourth-order valence-corrected chi connectivity index (χ4v) is 6.88. The van der Waals surface area contributed by atoms with Gasteiger partial charge < -0.3 is 0 Å². The third kappa shape index (κ3) is 4.44. The number of benzene rings is 2. The van der Waals surface area contributed by atoms with E-state index in [2.05, 4.69) is 0 Å². The van der Waals surface area contributed by atoms with Crippen molar-refractivity contribution in [3.05, 3.63) is 48.5 Å². The normalized spacial score (nSPS) is 13.5. The Kier molecular flexibility index (Phi) is 6.38. The predicted molar refractivity (Wildman–Crippen MR) is 91.1 cm³/mol. The summed E-state index contributed by atoms with van der Waals surface area (Å²) in [4.78, 5) is -3.00. The highest BCUT2D eigenvalue weighted by Gasteiger charge is 2.49. The zero-order valence-electron chi connectivity index (χ0n) is 13.2. The standard InChI is InChI=1S/C14H8F6O4S4/c15-13(16,17)27(21,22)11-7-3-1-5-9(11)25-26-10-6-2-4-8-12(10)28(23,24)14(18,19)20/h1-8H. The second-order valence-electron chi connectivity index (χ2n) is 4.96. The van der Waals surface area contributed by atoms with E-state index in [9.17, 15) is 43.2 Å². The second kappa shape index (κ2) is 7.80. The van der Waals surface area contributed by atoms with Crippen LogP contribution in [0.25, 0.3) is 0 Å². The maximum atomic E-state index is 12.8. The number of sulfone groups is 2. The van der Waals surface area contributed by atoms with E-state index in [1.807, 2.05) is 0 Å². The summed E-state index contributed by atoms with van der Waals surface area (Å²) in [5, 5.41) is 0. The van der Waals surface area contributed by atoms with Gasteiger partial charge in [-0.2, -0.15) is 26.3 Å². The van der Waals surface area contributed by atoms with E-state index >= 15 is 0 Å². The molecular weight excluding hydrogens is 474 g/mol. The van der Waals surface area contributed by atoms with Gasteiger partial charge in [0.05, 0.1) is 9.79 Å². The monoisotopic (exact) mass is 482 g/mol.